The van der Waals surface area contributed by atoms with Gasteiger partial charge in [-0.15, -0.1) is 0 Å². The molecule has 0 unspecified atom stereocenters. The maximum absolute atomic E-state index is 11.7. The van der Waals surface area contributed by atoms with Crippen molar-refractivity contribution in [1.82, 2.24) is 0 Å². The van der Waals surface area contributed by atoms with Gasteiger partial charge in [-0.1, -0.05) is 0 Å². The van der Waals surface area contributed by atoms with Crippen LogP contribution in [0, 0.1) is 6.92 Å². The molecule has 0 fully saturated rings. The summed E-state index contributed by atoms with van der Waals surface area (Å²) >= 11 is 0. The van der Waals surface area contributed by atoms with Gasteiger partial charge in [-0.25, -0.2) is 0 Å². The summed E-state index contributed by atoms with van der Waals surface area (Å²) in [6.07, 6.45) is 1.43. The molecule has 0 radical (unpaired) electrons. The predicted molar refractivity (Wildman–Crippen MR) is 59.5 cm³/mol. The van der Waals surface area contributed by atoms with Crippen LogP contribution in [0.1, 0.15) is 31.1 Å². The highest BCUT2D eigenvalue weighted by Gasteiger charge is 2.35. The SMILES string of the molecule is CCOC(=O)C(C(=O)OCC)c1occc1C. The Morgan fingerprint density at radius 2 is 1.76 bits per heavy atom. The fourth-order valence-electron chi connectivity index (χ4n) is 1.44. The van der Waals surface area contributed by atoms with Crippen LogP contribution in [-0.2, 0) is 19.1 Å². The highest BCUT2D eigenvalue weighted by molar-refractivity contribution is 6.00. The second kappa shape index (κ2) is 6.08. The maximum atomic E-state index is 11.7. The van der Waals surface area contributed by atoms with E-state index in [2.05, 4.69) is 0 Å². The summed E-state index contributed by atoms with van der Waals surface area (Å²) in [7, 11) is 0. The van der Waals surface area contributed by atoms with Gasteiger partial charge in [0.05, 0.1) is 19.5 Å². The van der Waals surface area contributed by atoms with E-state index in [1.54, 1.807) is 26.8 Å². The van der Waals surface area contributed by atoms with Gasteiger partial charge in [0.25, 0.3) is 0 Å². The van der Waals surface area contributed by atoms with Gasteiger partial charge < -0.3 is 13.9 Å². The molecule has 5 heteroatoms. The number of furan rings is 1. The minimum absolute atomic E-state index is 0.203. The summed E-state index contributed by atoms with van der Waals surface area (Å²) in [5.74, 6) is -2.15. The molecule has 0 N–H and O–H groups in total. The predicted octanol–water partition coefficient (Wildman–Crippen LogP) is 1.80. The normalized spacial score (nSPS) is 10.4. The van der Waals surface area contributed by atoms with Crippen molar-refractivity contribution in [3.05, 3.63) is 23.7 Å². The van der Waals surface area contributed by atoms with E-state index in [9.17, 15) is 9.59 Å². The molecule has 0 saturated carbocycles. The molecule has 0 aliphatic carbocycles. The number of rotatable bonds is 5. The molecule has 0 atom stereocenters. The number of hydrogen-bond donors (Lipinski definition) is 0. The third kappa shape index (κ3) is 3.09. The lowest BCUT2D eigenvalue weighted by Crippen LogP contribution is -2.26. The van der Waals surface area contributed by atoms with E-state index in [0.717, 1.165) is 5.56 Å². The third-order valence-electron chi connectivity index (χ3n) is 2.21. The van der Waals surface area contributed by atoms with Crippen molar-refractivity contribution in [1.29, 1.82) is 0 Å². The van der Waals surface area contributed by atoms with Crippen molar-refractivity contribution in [3.8, 4) is 0 Å². The van der Waals surface area contributed by atoms with Gasteiger partial charge in [-0.2, -0.15) is 0 Å². The molecule has 0 bridgehead atoms. The molecule has 0 spiro atoms. The van der Waals surface area contributed by atoms with Crippen molar-refractivity contribution in [3.63, 3.8) is 0 Å². The van der Waals surface area contributed by atoms with E-state index in [0.29, 0.717) is 0 Å². The fraction of sp³-hybridized carbons (Fsp3) is 0.500. The maximum Gasteiger partial charge on any atom is 0.328 e. The summed E-state index contributed by atoms with van der Waals surface area (Å²) in [6.45, 7) is 5.51. The monoisotopic (exact) mass is 240 g/mol. The van der Waals surface area contributed by atoms with Gasteiger partial charge >= 0.3 is 11.9 Å². The molecule has 0 aliphatic rings. The average Bonchev–Trinajstić information content (AvgIpc) is 2.66. The quantitative estimate of drug-likeness (QED) is 0.580. The van der Waals surface area contributed by atoms with Crippen LogP contribution in [0.3, 0.4) is 0 Å². The minimum Gasteiger partial charge on any atom is -0.468 e. The highest BCUT2D eigenvalue weighted by Crippen LogP contribution is 2.23. The summed E-state index contributed by atoms with van der Waals surface area (Å²) in [5.41, 5.74) is 0.719. The first-order chi connectivity index (χ1) is 8.11. The number of ether oxygens (including phenoxy) is 2. The Labute approximate surface area is 99.7 Å². The first-order valence-electron chi connectivity index (χ1n) is 5.49. The second-order valence-corrected chi connectivity index (χ2v) is 3.40. The number of hydrogen-bond acceptors (Lipinski definition) is 5. The fourth-order valence-corrected chi connectivity index (χ4v) is 1.44. The summed E-state index contributed by atoms with van der Waals surface area (Å²) in [4.78, 5) is 23.5. The molecular weight excluding hydrogens is 224 g/mol. The number of aryl methyl sites for hydroxylation is 1. The lowest BCUT2D eigenvalue weighted by atomic mass is 10.0. The van der Waals surface area contributed by atoms with Crippen LogP contribution in [0.25, 0.3) is 0 Å². The van der Waals surface area contributed by atoms with Crippen molar-refractivity contribution >= 4 is 11.9 Å². The average molecular weight is 240 g/mol. The van der Waals surface area contributed by atoms with Gasteiger partial charge in [-0.05, 0) is 32.4 Å². The van der Waals surface area contributed by atoms with Crippen molar-refractivity contribution < 1.29 is 23.5 Å². The van der Waals surface area contributed by atoms with E-state index in [-0.39, 0.29) is 19.0 Å². The smallest absolute Gasteiger partial charge is 0.328 e. The molecule has 0 aliphatic heterocycles. The molecule has 0 saturated heterocycles. The van der Waals surface area contributed by atoms with E-state index < -0.39 is 17.9 Å². The topological polar surface area (TPSA) is 65.7 Å². The Hall–Kier alpha value is -1.78. The molecule has 1 aromatic heterocycles. The van der Waals surface area contributed by atoms with Gasteiger partial charge in [0.15, 0.2) is 0 Å². The molecule has 0 aromatic carbocycles. The van der Waals surface area contributed by atoms with Crippen LogP contribution in [-0.4, -0.2) is 25.2 Å². The lowest BCUT2D eigenvalue weighted by molar-refractivity contribution is -0.157. The van der Waals surface area contributed by atoms with Gasteiger partial charge in [-0.3, -0.25) is 9.59 Å². The number of carbonyl (C=O) groups excluding carboxylic acids is 2. The van der Waals surface area contributed by atoms with Crippen molar-refractivity contribution in [2.24, 2.45) is 0 Å². The van der Waals surface area contributed by atoms with E-state index in [4.69, 9.17) is 13.9 Å². The molecule has 0 amide bonds. The summed E-state index contributed by atoms with van der Waals surface area (Å²) < 4.78 is 14.9. The summed E-state index contributed by atoms with van der Waals surface area (Å²) in [5, 5.41) is 0. The van der Waals surface area contributed by atoms with Crippen molar-refractivity contribution in [2.45, 2.75) is 26.7 Å². The van der Waals surface area contributed by atoms with Crippen LogP contribution >= 0.6 is 0 Å². The Balaban J connectivity index is 2.98. The van der Waals surface area contributed by atoms with E-state index >= 15 is 0 Å². The highest BCUT2D eigenvalue weighted by atomic mass is 16.6. The zero-order valence-corrected chi connectivity index (χ0v) is 10.2. The standard InChI is InChI=1S/C12H16O5/c1-4-15-11(13)9(12(14)16-5-2)10-8(3)6-7-17-10/h6-7,9H,4-5H2,1-3H3. The van der Waals surface area contributed by atoms with Crippen molar-refractivity contribution in [2.75, 3.05) is 13.2 Å². The summed E-state index contributed by atoms with van der Waals surface area (Å²) in [6, 6.07) is 1.68. The Morgan fingerprint density at radius 1 is 1.24 bits per heavy atom. The zero-order valence-electron chi connectivity index (χ0n) is 10.2. The molecule has 1 rings (SSSR count). The molecule has 1 aromatic rings. The van der Waals surface area contributed by atoms with E-state index in [1.165, 1.54) is 6.26 Å². The van der Waals surface area contributed by atoms with E-state index in [1.807, 2.05) is 0 Å². The van der Waals surface area contributed by atoms with Crippen LogP contribution in [0.5, 0.6) is 0 Å². The third-order valence-corrected chi connectivity index (χ3v) is 2.21. The van der Waals surface area contributed by atoms with Gasteiger partial charge in [0, 0.05) is 0 Å². The number of esters is 2. The molecular formula is C12H16O5. The van der Waals surface area contributed by atoms with Crippen LogP contribution < -0.4 is 0 Å². The van der Waals surface area contributed by atoms with Gasteiger partial charge in [0.1, 0.15) is 5.76 Å². The Bertz CT molecular complexity index is 375. The number of carbonyl (C=O) groups is 2. The van der Waals surface area contributed by atoms with Gasteiger partial charge in [0.2, 0.25) is 5.92 Å². The Kier molecular flexibility index (Phi) is 4.75. The largest absolute Gasteiger partial charge is 0.468 e. The first-order valence-corrected chi connectivity index (χ1v) is 5.49. The van der Waals surface area contributed by atoms with Crippen LogP contribution in [0.15, 0.2) is 16.7 Å². The molecule has 94 valence electrons. The minimum atomic E-state index is -1.13. The Morgan fingerprint density at radius 3 is 2.12 bits per heavy atom. The molecule has 1 heterocycles. The van der Waals surface area contributed by atoms with Crippen LogP contribution in [0.4, 0.5) is 0 Å². The first kappa shape index (κ1) is 13.3. The molecule has 17 heavy (non-hydrogen) atoms. The lowest BCUT2D eigenvalue weighted by Gasteiger charge is -2.12. The van der Waals surface area contributed by atoms with Crippen LogP contribution in [0.2, 0.25) is 0 Å². The zero-order chi connectivity index (χ0) is 12.8. The second-order valence-electron chi connectivity index (χ2n) is 3.40. The molecule has 5 nitrogen and oxygen atoms in total.